The van der Waals surface area contributed by atoms with Crippen LogP contribution in [0.3, 0.4) is 0 Å². The van der Waals surface area contributed by atoms with Crippen LogP contribution in [0.25, 0.3) is 16.3 Å². The van der Waals surface area contributed by atoms with E-state index < -0.39 is 0 Å². The molecule has 0 radical (unpaired) electrons. The lowest BCUT2D eigenvalue weighted by Gasteiger charge is -2.09. The number of hydrogen-bond acceptors (Lipinski definition) is 2. The molecular weight excluding hydrogens is 224 g/mol. The summed E-state index contributed by atoms with van der Waals surface area (Å²) in [4.78, 5) is 12.2. The minimum atomic E-state index is -0.0158. The third-order valence-corrected chi connectivity index (χ3v) is 3.16. The SMILES string of the molecule is C=C(C)c1ccc2c(=O)n(CC)nc(CC)c2c1. The molecule has 0 aliphatic rings. The van der Waals surface area contributed by atoms with Crippen LogP contribution in [0.4, 0.5) is 0 Å². The Kier molecular flexibility index (Phi) is 3.32. The Morgan fingerprint density at radius 3 is 2.61 bits per heavy atom. The van der Waals surface area contributed by atoms with Gasteiger partial charge in [0, 0.05) is 11.9 Å². The Morgan fingerprint density at radius 1 is 1.33 bits per heavy atom. The Balaban J connectivity index is 2.86. The second-order valence-electron chi connectivity index (χ2n) is 4.46. The van der Waals surface area contributed by atoms with Crippen LogP contribution >= 0.6 is 0 Å². The Bertz CT molecular complexity index is 668. The lowest BCUT2D eigenvalue weighted by molar-refractivity contribution is 0.608. The zero-order valence-electron chi connectivity index (χ0n) is 11.2. The summed E-state index contributed by atoms with van der Waals surface area (Å²) in [5.74, 6) is 0. The van der Waals surface area contributed by atoms with Crippen LogP contribution in [0, 0.1) is 0 Å². The van der Waals surface area contributed by atoms with E-state index >= 15 is 0 Å². The van der Waals surface area contributed by atoms with Crippen molar-refractivity contribution in [3.63, 3.8) is 0 Å². The van der Waals surface area contributed by atoms with Gasteiger partial charge in [0.1, 0.15) is 0 Å². The molecule has 2 aromatic rings. The molecule has 0 saturated heterocycles. The number of benzene rings is 1. The number of allylic oxidation sites excluding steroid dienone is 1. The van der Waals surface area contributed by atoms with Crippen molar-refractivity contribution in [3.8, 4) is 0 Å². The van der Waals surface area contributed by atoms with Gasteiger partial charge in [-0.15, -0.1) is 0 Å². The van der Waals surface area contributed by atoms with Gasteiger partial charge in [0.15, 0.2) is 0 Å². The molecule has 1 aromatic heterocycles. The standard InChI is InChI=1S/C15H18N2O/c1-5-14-13-9-11(10(3)4)7-8-12(13)15(18)17(6-2)16-14/h7-9H,3,5-6H2,1-2,4H3. The molecule has 0 spiro atoms. The second kappa shape index (κ2) is 4.77. The lowest BCUT2D eigenvalue weighted by Crippen LogP contribution is -2.23. The first kappa shape index (κ1) is 12.6. The van der Waals surface area contributed by atoms with E-state index in [9.17, 15) is 4.79 Å². The van der Waals surface area contributed by atoms with Crippen molar-refractivity contribution in [3.05, 3.63) is 46.4 Å². The van der Waals surface area contributed by atoms with E-state index in [1.807, 2.05) is 32.0 Å². The Labute approximate surface area is 107 Å². The van der Waals surface area contributed by atoms with Crippen molar-refractivity contribution < 1.29 is 0 Å². The highest BCUT2D eigenvalue weighted by Gasteiger charge is 2.09. The monoisotopic (exact) mass is 242 g/mol. The van der Waals surface area contributed by atoms with Gasteiger partial charge < -0.3 is 0 Å². The van der Waals surface area contributed by atoms with Gasteiger partial charge in [-0.2, -0.15) is 5.10 Å². The fourth-order valence-electron chi connectivity index (χ4n) is 2.09. The predicted octanol–water partition coefficient (Wildman–Crippen LogP) is 3.01. The highest BCUT2D eigenvalue weighted by Crippen LogP contribution is 2.20. The van der Waals surface area contributed by atoms with Gasteiger partial charge in [-0.1, -0.05) is 25.1 Å². The lowest BCUT2D eigenvalue weighted by atomic mass is 10.0. The number of aryl methyl sites for hydroxylation is 2. The largest absolute Gasteiger partial charge is 0.274 e. The highest BCUT2D eigenvalue weighted by molar-refractivity contribution is 5.87. The van der Waals surface area contributed by atoms with Crippen LogP contribution in [-0.2, 0) is 13.0 Å². The first-order chi connectivity index (χ1) is 8.58. The molecule has 0 aliphatic heterocycles. The molecule has 18 heavy (non-hydrogen) atoms. The van der Waals surface area contributed by atoms with E-state index in [2.05, 4.69) is 18.6 Å². The zero-order chi connectivity index (χ0) is 13.3. The molecule has 1 heterocycles. The van der Waals surface area contributed by atoms with Gasteiger partial charge >= 0.3 is 0 Å². The molecule has 0 N–H and O–H groups in total. The second-order valence-corrected chi connectivity index (χ2v) is 4.46. The third-order valence-electron chi connectivity index (χ3n) is 3.16. The number of rotatable bonds is 3. The normalized spacial score (nSPS) is 10.8. The van der Waals surface area contributed by atoms with Crippen molar-refractivity contribution in [1.82, 2.24) is 9.78 Å². The zero-order valence-corrected chi connectivity index (χ0v) is 11.2. The summed E-state index contributed by atoms with van der Waals surface area (Å²) in [6, 6.07) is 5.85. The van der Waals surface area contributed by atoms with Crippen LogP contribution in [0.15, 0.2) is 29.6 Å². The van der Waals surface area contributed by atoms with Crippen LogP contribution in [0.2, 0.25) is 0 Å². The van der Waals surface area contributed by atoms with E-state index in [1.165, 1.54) is 4.68 Å². The van der Waals surface area contributed by atoms with Crippen LogP contribution in [0.5, 0.6) is 0 Å². The van der Waals surface area contributed by atoms with E-state index in [4.69, 9.17) is 0 Å². The maximum absolute atomic E-state index is 12.2. The number of aromatic nitrogens is 2. The number of nitrogens with zero attached hydrogens (tertiary/aromatic N) is 2. The smallest absolute Gasteiger partial charge is 0.267 e. The van der Waals surface area contributed by atoms with Gasteiger partial charge in [0.25, 0.3) is 5.56 Å². The van der Waals surface area contributed by atoms with Gasteiger partial charge in [-0.05, 0) is 38.0 Å². The molecule has 94 valence electrons. The molecule has 2 rings (SSSR count). The fourth-order valence-corrected chi connectivity index (χ4v) is 2.09. The average Bonchev–Trinajstić information content (AvgIpc) is 2.38. The summed E-state index contributed by atoms with van der Waals surface area (Å²) in [7, 11) is 0. The summed E-state index contributed by atoms with van der Waals surface area (Å²) in [6.07, 6.45) is 0.816. The summed E-state index contributed by atoms with van der Waals surface area (Å²) < 4.78 is 1.53. The average molecular weight is 242 g/mol. The summed E-state index contributed by atoms with van der Waals surface area (Å²) in [5.41, 5.74) is 3.01. The van der Waals surface area contributed by atoms with Crippen molar-refractivity contribution in [2.24, 2.45) is 0 Å². The summed E-state index contributed by atoms with van der Waals surface area (Å²) >= 11 is 0. The van der Waals surface area contributed by atoms with Gasteiger partial charge in [0.2, 0.25) is 0 Å². The first-order valence-corrected chi connectivity index (χ1v) is 6.28. The van der Waals surface area contributed by atoms with Crippen molar-refractivity contribution in [2.75, 3.05) is 0 Å². The van der Waals surface area contributed by atoms with Crippen molar-refractivity contribution >= 4 is 16.3 Å². The third kappa shape index (κ3) is 1.96. The Morgan fingerprint density at radius 2 is 2.06 bits per heavy atom. The molecule has 3 nitrogen and oxygen atoms in total. The summed E-state index contributed by atoms with van der Waals surface area (Å²) in [6.45, 7) is 10.5. The minimum absolute atomic E-state index is 0.0158. The van der Waals surface area contributed by atoms with E-state index in [0.717, 1.165) is 34.0 Å². The highest BCUT2D eigenvalue weighted by atomic mass is 16.1. The molecule has 1 aromatic carbocycles. The van der Waals surface area contributed by atoms with Crippen molar-refractivity contribution in [1.29, 1.82) is 0 Å². The molecule has 0 atom stereocenters. The molecule has 0 saturated carbocycles. The van der Waals surface area contributed by atoms with E-state index in [1.54, 1.807) is 0 Å². The van der Waals surface area contributed by atoms with Gasteiger partial charge in [0.05, 0.1) is 11.1 Å². The summed E-state index contributed by atoms with van der Waals surface area (Å²) in [5, 5.41) is 6.11. The molecule has 0 fully saturated rings. The molecule has 0 amide bonds. The Hall–Kier alpha value is -1.90. The van der Waals surface area contributed by atoms with Crippen LogP contribution in [-0.4, -0.2) is 9.78 Å². The predicted molar refractivity (Wildman–Crippen MR) is 75.8 cm³/mol. The molecule has 3 heteroatoms. The number of hydrogen-bond donors (Lipinski definition) is 0. The maximum Gasteiger partial charge on any atom is 0.274 e. The van der Waals surface area contributed by atoms with Crippen molar-refractivity contribution in [2.45, 2.75) is 33.7 Å². The minimum Gasteiger partial charge on any atom is -0.267 e. The molecular formula is C15H18N2O. The fraction of sp³-hybridized carbons (Fsp3) is 0.333. The van der Waals surface area contributed by atoms with Gasteiger partial charge in [-0.3, -0.25) is 4.79 Å². The maximum atomic E-state index is 12.2. The van der Waals surface area contributed by atoms with E-state index in [0.29, 0.717) is 6.54 Å². The molecule has 0 unspecified atom stereocenters. The van der Waals surface area contributed by atoms with Gasteiger partial charge in [-0.25, -0.2) is 4.68 Å². The quantitative estimate of drug-likeness (QED) is 0.829. The molecule has 0 aliphatic carbocycles. The van der Waals surface area contributed by atoms with Crippen LogP contribution < -0.4 is 5.56 Å². The number of fused-ring (bicyclic) bond motifs is 1. The molecule has 0 bridgehead atoms. The van der Waals surface area contributed by atoms with Crippen LogP contribution in [0.1, 0.15) is 32.0 Å². The topological polar surface area (TPSA) is 34.9 Å². The first-order valence-electron chi connectivity index (χ1n) is 6.28. The van der Waals surface area contributed by atoms with E-state index in [-0.39, 0.29) is 5.56 Å².